The van der Waals surface area contributed by atoms with Gasteiger partial charge in [-0.3, -0.25) is 4.99 Å². The third-order valence-corrected chi connectivity index (χ3v) is 3.29. The molecule has 22 heavy (non-hydrogen) atoms. The van der Waals surface area contributed by atoms with Crippen molar-refractivity contribution in [3.8, 4) is 0 Å². The van der Waals surface area contributed by atoms with E-state index < -0.39 is 0 Å². The first-order valence-corrected chi connectivity index (χ1v) is 7.59. The molecule has 0 fully saturated rings. The van der Waals surface area contributed by atoms with E-state index in [0.717, 1.165) is 10.7 Å². The van der Waals surface area contributed by atoms with Crippen LogP contribution in [0.3, 0.4) is 0 Å². The van der Waals surface area contributed by atoms with Crippen LogP contribution in [0.4, 0.5) is 0 Å². The molecule has 3 heteroatoms. The van der Waals surface area contributed by atoms with E-state index >= 15 is 0 Å². The lowest BCUT2D eigenvalue weighted by Gasteiger charge is -2.06. The Morgan fingerprint density at radius 2 is 2.14 bits per heavy atom. The van der Waals surface area contributed by atoms with Gasteiger partial charge in [-0.25, -0.2) is 0 Å². The third-order valence-electron chi connectivity index (χ3n) is 3.04. The Hall–Kier alpha value is -2.22. The van der Waals surface area contributed by atoms with Gasteiger partial charge in [-0.15, -0.1) is 18.4 Å². The summed E-state index contributed by atoms with van der Waals surface area (Å²) >= 11 is 4.38. The first-order valence-electron chi connectivity index (χ1n) is 7.14. The highest BCUT2D eigenvalue weighted by Gasteiger charge is 2.00. The molecule has 0 bridgehead atoms. The molecule has 2 nitrogen and oxygen atoms in total. The minimum atomic E-state index is 0.267. The number of hydrogen-bond acceptors (Lipinski definition) is 3. The summed E-state index contributed by atoms with van der Waals surface area (Å²) < 4.78 is 5.63. The van der Waals surface area contributed by atoms with Gasteiger partial charge in [0.15, 0.2) is 0 Å². The number of allylic oxidation sites excluding steroid dienone is 4. The summed E-state index contributed by atoms with van der Waals surface area (Å²) in [6, 6.07) is 10.3. The van der Waals surface area contributed by atoms with Crippen molar-refractivity contribution >= 4 is 18.8 Å². The number of nitrogens with zero attached hydrogens (tertiary/aromatic N) is 1. The molecule has 1 atom stereocenters. The van der Waals surface area contributed by atoms with Crippen LogP contribution in [0.15, 0.2) is 88.3 Å². The van der Waals surface area contributed by atoms with Crippen LogP contribution in [-0.2, 0) is 4.74 Å². The average molecular weight is 309 g/mol. The highest BCUT2D eigenvalue weighted by molar-refractivity contribution is 7.84. The van der Waals surface area contributed by atoms with E-state index in [-0.39, 0.29) is 5.92 Å². The number of ether oxygens (including phenoxy) is 1. The molecular formula is C19H19NOS. The summed E-state index contributed by atoms with van der Waals surface area (Å²) in [6.07, 6.45) is 12.9. The molecule has 0 aromatic heterocycles. The summed E-state index contributed by atoms with van der Waals surface area (Å²) in [5, 5.41) is 0. The van der Waals surface area contributed by atoms with Gasteiger partial charge in [-0.05, 0) is 29.9 Å². The second kappa shape index (κ2) is 8.93. The Labute approximate surface area is 137 Å². The Morgan fingerprint density at radius 3 is 2.95 bits per heavy atom. The zero-order valence-electron chi connectivity index (χ0n) is 12.5. The van der Waals surface area contributed by atoms with E-state index in [4.69, 9.17) is 4.74 Å². The van der Waals surface area contributed by atoms with Crippen molar-refractivity contribution in [2.45, 2.75) is 12.8 Å². The molecule has 0 aliphatic heterocycles. The summed E-state index contributed by atoms with van der Waals surface area (Å²) in [5.41, 5.74) is 4.22. The minimum absolute atomic E-state index is 0.267. The Kier molecular flexibility index (Phi) is 6.56. The van der Waals surface area contributed by atoms with Crippen LogP contribution in [0.25, 0.3) is 0 Å². The van der Waals surface area contributed by atoms with Crippen LogP contribution < -0.4 is 0 Å². The van der Waals surface area contributed by atoms with Gasteiger partial charge in [0, 0.05) is 23.2 Å². The zero-order valence-corrected chi connectivity index (χ0v) is 13.4. The second-order valence-corrected chi connectivity index (χ2v) is 5.41. The van der Waals surface area contributed by atoms with Crippen LogP contribution in [0.1, 0.15) is 18.4 Å². The van der Waals surface area contributed by atoms with E-state index in [2.05, 4.69) is 42.4 Å². The van der Waals surface area contributed by atoms with E-state index in [9.17, 15) is 0 Å². The van der Waals surface area contributed by atoms with Crippen LogP contribution in [-0.4, -0.2) is 12.8 Å². The first kappa shape index (κ1) is 16.2. The SMILES string of the molecule is CC(C=N/C=C(\S)COC1=CC=C=CC=C1)c1ccccc1. The van der Waals surface area contributed by atoms with Crippen molar-refractivity contribution in [1.29, 1.82) is 0 Å². The fourth-order valence-electron chi connectivity index (χ4n) is 1.83. The number of rotatable bonds is 6. The second-order valence-electron chi connectivity index (χ2n) is 4.83. The summed E-state index contributed by atoms with van der Waals surface area (Å²) in [4.78, 5) is 5.09. The predicted octanol–water partition coefficient (Wildman–Crippen LogP) is 4.81. The van der Waals surface area contributed by atoms with E-state index in [1.54, 1.807) is 6.20 Å². The smallest absolute Gasteiger partial charge is 0.120 e. The lowest BCUT2D eigenvalue weighted by atomic mass is 10.0. The van der Waals surface area contributed by atoms with Crippen molar-refractivity contribution in [1.82, 2.24) is 0 Å². The summed E-state index contributed by atoms with van der Waals surface area (Å²) in [6.45, 7) is 2.51. The maximum Gasteiger partial charge on any atom is 0.120 e. The van der Waals surface area contributed by atoms with Crippen LogP contribution >= 0.6 is 12.6 Å². The summed E-state index contributed by atoms with van der Waals surface area (Å²) in [7, 11) is 0. The molecule has 112 valence electrons. The minimum Gasteiger partial charge on any atom is -0.488 e. The Balaban J connectivity index is 1.83. The molecule has 0 heterocycles. The number of aliphatic imine (C=N–C) groups is 1. The van der Waals surface area contributed by atoms with E-state index in [0.29, 0.717) is 6.61 Å². The molecule has 0 saturated carbocycles. The van der Waals surface area contributed by atoms with Gasteiger partial charge in [0.1, 0.15) is 12.4 Å². The first-order chi connectivity index (χ1) is 10.8. The van der Waals surface area contributed by atoms with Gasteiger partial charge in [-0.2, -0.15) is 0 Å². The highest BCUT2D eigenvalue weighted by Crippen LogP contribution is 2.13. The number of benzene rings is 1. The average Bonchev–Trinajstić information content (AvgIpc) is 2.82. The Bertz CT molecular complexity index is 662. The summed E-state index contributed by atoms with van der Waals surface area (Å²) in [5.74, 6) is 1.05. The molecule has 1 unspecified atom stereocenters. The van der Waals surface area contributed by atoms with Crippen molar-refractivity contribution < 1.29 is 4.74 Å². The van der Waals surface area contributed by atoms with Crippen LogP contribution in [0.5, 0.6) is 0 Å². The quantitative estimate of drug-likeness (QED) is 0.454. The van der Waals surface area contributed by atoms with Gasteiger partial charge in [0.05, 0.1) is 0 Å². The molecule has 1 aliphatic carbocycles. The molecule has 0 saturated heterocycles. The maximum atomic E-state index is 5.63. The van der Waals surface area contributed by atoms with Crippen molar-refractivity contribution in [3.05, 3.63) is 88.9 Å². The van der Waals surface area contributed by atoms with Crippen molar-refractivity contribution in [2.75, 3.05) is 6.61 Å². The van der Waals surface area contributed by atoms with Gasteiger partial charge < -0.3 is 4.74 Å². The lowest BCUT2D eigenvalue weighted by Crippen LogP contribution is -1.95. The fourth-order valence-corrected chi connectivity index (χ4v) is 1.96. The highest BCUT2D eigenvalue weighted by atomic mass is 32.1. The number of thiol groups is 1. The molecule has 0 radical (unpaired) electrons. The predicted molar refractivity (Wildman–Crippen MR) is 96.2 cm³/mol. The van der Waals surface area contributed by atoms with Gasteiger partial charge in [-0.1, -0.05) is 43.3 Å². The van der Waals surface area contributed by atoms with Crippen LogP contribution in [0.2, 0.25) is 0 Å². The Morgan fingerprint density at radius 1 is 1.32 bits per heavy atom. The standard InChI is InChI=1S/C19H19NOS/c1-16(17-9-5-4-6-10-17)13-20-14-19(22)15-21-18-11-7-2-3-8-12-18/h2,4-14,16,22H,15H2,1H3/b19-14-,20-13?. The molecule has 1 aromatic carbocycles. The number of hydrogen-bond donors (Lipinski definition) is 1. The van der Waals surface area contributed by atoms with Gasteiger partial charge in [0.2, 0.25) is 0 Å². The third kappa shape index (κ3) is 5.65. The molecule has 1 aromatic rings. The van der Waals surface area contributed by atoms with Gasteiger partial charge in [0.25, 0.3) is 0 Å². The molecule has 2 rings (SSSR count). The fraction of sp³-hybridized carbons (Fsp3) is 0.158. The van der Waals surface area contributed by atoms with Crippen molar-refractivity contribution in [3.63, 3.8) is 0 Å². The molecule has 0 amide bonds. The van der Waals surface area contributed by atoms with Gasteiger partial charge >= 0.3 is 0 Å². The lowest BCUT2D eigenvalue weighted by molar-refractivity contribution is 0.259. The topological polar surface area (TPSA) is 21.6 Å². The van der Waals surface area contributed by atoms with E-state index in [1.807, 2.05) is 54.8 Å². The van der Waals surface area contributed by atoms with E-state index in [1.165, 1.54) is 5.56 Å². The molecule has 0 spiro atoms. The maximum absolute atomic E-state index is 5.63. The molecule has 1 aliphatic rings. The molecular weight excluding hydrogens is 290 g/mol. The van der Waals surface area contributed by atoms with Crippen molar-refractivity contribution in [2.24, 2.45) is 4.99 Å². The molecule has 0 N–H and O–H groups in total. The zero-order chi connectivity index (χ0) is 15.6. The largest absolute Gasteiger partial charge is 0.488 e. The monoisotopic (exact) mass is 309 g/mol. The normalized spacial score (nSPS) is 15.7. The van der Waals surface area contributed by atoms with Crippen LogP contribution in [0, 0.1) is 0 Å².